The minimum absolute atomic E-state index is 0.156. The number of nitrogens with zero attached hydrogens (tertiary/aromatic N) is 2. The van der Waals surface area contributed by atoms with Crippen molar-refractivity contribution >= 4 is 23.2 Å². The van der Waals surface area contributed by atoms with Crippen LogP contribution in [-0.4, -0.2) is 35.8 Å². The summed E-state index contributed by atoms with van der Waals surface area (Å²) in [4.78, 5) is 30.9. The maximum Gasteiger partial charge on any atom is 0.259 e. The van der Waals surface area contributed by atoms with Gasteiger partial charge in [-0.2, -0.15) is 0 Å². The zero-order chi connectivity index (χ0) is 23.5. The van der Waals surface area contributed by atoms with E-state index in [1.165, 1.54) is 18.4 Å². The highest BCUT2D eigenvalue weighted by Crippen LogP contribution is 2.34. The summed E-state index contributed by atoms with van der Waals surface area (Å²) in [6.07, 6.45) is 3.03. The van der Waals surface area contributed by atoms with Gasteiger partial charge in [0.2, 0.25) is 5.91 Å². The first-order chi connectivity index (χ1) is 16.6. The lowest BCUT2D eigenvalue weighted by atomic mass is 9.99. The molecular formula is C29H31N3O2. The lowest BCUT2D eigenvalue weighted by Crippen LogP contribution is -2.45. The van der Waals surface area contributed by atoms with Gasteiger partial charge in [-0.1, -0.05) is 55.5 Å². The molecule has 0 bridgehead atoms. The second kappa shape index (κ2) is 9.82. The lowest BCUT2D eigenvalue weighted by Gasteiger charge is -2.30. The summed E-state index contributed by atoms with van der Waals surface area (Å²) < 4.78 is 0. The number of hydrogen-bond donors (Lipinski definition) is 1. The molecule has 0 radical (unpaired) electrons. The smallest absolute Gasteiger partial charge is 0.259 e. The van der Waals surface area contributed by atoms with Gasteiger partial charge in [-0.3, -0.25) is 19.4 Å². The van der Waals surface area contributed by atoms with Gasteiger partial charge >= 0.3 is 0 Å². The molecule has 174 valence electrons. The summed E-state index contributed by atoms with van der Waals surface area (Å²) in [7, 11) is 0. The largest absolute Gasteiger partial charge is 0.324 e. The maximum atomic E-state index is 13.4. The van der Waals surface area contributed by atoms with Gasteiger partial charge in [0.1, 0.15) is 6.04 Å². The van der Waals surface area contributed by atoms with Crippen LogP contribution in [0.25, 0.3) is 0 Å². The first-order valence-corrected chi connectivity index (χ1v) is 12.2. The molecule has 5 heteroatoms. The van der Waals surface area contributed by atoms with Gasteiger partial charge in [0.15, 0.2) is 0 Å². The monoisotopic (exact) mass is 453 g/mol. The third-order valence-electron chi connectivity index (χ3n) is 7.02. The number of hydrogen-bond acceptors (Lipinski definition) is 3. The van der Waals surface area contributed by atoms with Gasteiger partial charge in [0.25, 0.3) is 5.91 Å². The number of carbonyl (C=O) groups excluding carboxylic acids is 2. The second-order valence-corrected chi connectivity index (χ2v) is 9.53. The molecule has 2 aliphatic rings. The Morgan fingerprint density at radius 3 is 2.29 bits per heavy atom. The summed E-state index contributed by atoms with van der Waals surface area (Å²) in [5.74, 6) is 0.499. The molecule has 0 spiro atoms. The van der Waals surface area contributed by atoms with Crippen LogP contribution >= 0.6 is 0 Å². The first kappa shape index (κ1) is 22.4. The Hall–Kier alpha value is -3.44. The minimum Gasteiger partial charge on any atom is -0.324 e. The summed E-state index contributed by atoms with van der Waals surface area (Å²) in [5, 5.41) is 3.05. The van der Waals surface area contributed by atoms with E-state index < -0.39 is 6.04 Å². The van der Waals surface area contributed by atoms with Crippen molar-refractivity contribution in [2.24, 2.45) is 5.92 Å². The number of benzene rings is 3. The Labute approximate surface area is 201 Å². The Morgan fingerprint density at radius 1 is 0.882 bits per heavy atom. The van der Waals surface area contributed by atoms with E-state index in [0.717, 1.165) is 42.5 Å². The van der Waals surface area contributed by atoms with Crippen LogP contribution in [0.1, 0.15) is 41.3 Å². The fraction of sp³-hybridized carbons (Fsp3) is 0.310. The Bertz CT molecular complexity index is 1150. The normalized spacial score (nSPS) is 18.5. The number of rotatable bonds is 5. The molecule has 1 fully saturated rings. The topological polar surface area (TPSA) is 52.7 Å². The highest BCUT2D eigenvalue weighted by atomic mass is 16.2. The number of anilines is 2. The van der Waals surface area contributed by atoms with Crippen LogP contribution in [-0.2, 0) is 17.8 Å². The van der Waals surface area contributed by atoms with Crippen LogP contribution in [0.15, 0.2) is 78.9 Å². The SMILES string of the molecule is CC1CCN(Cc2ccc(NC(=O)[C@H]3Cc4ccccc4N3C(=O)c3ccccc3)cc2)CC1. The van der Waals surface area contributed by atoms with Crippen molar-refractivity contribution in [1.82, 2.24) is 4.90 Å². The quantitative estimate of drug-likeness (QED) is 0.583. The van der Waals surface area contributed by atoms with E-state index in [1.54, 1.807) is 17.0 Å². The van der Waals surface area contributed by atoms with Crippen molar-refractivity contribution in [2.75, 3.05) is 23.3 Å². The highest BCUT2D eigenvalue weighted by molar-refractivity contribution is 6.13. The summed E-state index contributed by atoms with van der Waals surface area (Å²) >= 11 is 0. The minimum atomic E-state index is -0.583. The molecule has 5 nitrogen and oxygen atoms in total. The molecule has 0 aliphatic carbocycles. The number of nitrogens with one attached hydrogen (secondary N) is 1. The van der Waals surface area contributed by atoms with Crippen molar-refractivity contribution in [1.29, 1.82) is 0 Å². The van der Waals surface area contributed by atoms with Crippen LogP contribution in [0.4, 0.5) is 11.4 Å². The predicted molar refractivity (Wildman–Crippen MR) is 136 cm³/mol. The third-order valence-corrected chi connectivity index (χ3v) is 7.02. The van der Waals surface area contributed by atoms with Crippen LogP contribution in [0, 0.1) is 5.92 Å². The average molecular weight is 454 g/mol. The first-order valence-electron chi connectivity index (χ1n) is 12.2. The second-order valence-electron chi connectivity index (χ2n) is 9.53. The highest BCUT2D eigenvalue weighted by Gasteiger charge is 2.38. The lowest BCUT2D eigenvalue weighted by molar-refractivity contribution is -0.117. The molecule has 1 N–H and O–H groups in total. The number of piperidine rings is 1. The van der Waals surface area contributed by atoms with Gasteiger partial charge in [-0.25, -0.2) is 0 Å². The zero-order valence-electron chi connectivity index (χ0n) is 19.6. The van der Waals surface area contributed by atoms with E-state index in [1.807, 2.05) is 54.6 Å². The Morgan fingerprint density at radius 2 is 1.56 bits per heavy atom. The van der Waals surface area contributed by atoms with E-state index in [2.05, 4.69) is 29.3 Å². The Balaban J connectivity index is 1.29. The number of likely N-dealkylation sites (tertiary alicyclic amines) is 1. The van der Waals surface area contributed by atoms with Crippen molar-refractivity contribution in [3.8, 4) is 0 Å². The van der Waals surface area contributed by atoms with E-state index in [-0.39, 0.29) is 11.8 Å². The molecule has 2 amide bonds. The van der Waals surface area contributed by atoms with E-state index in [4.69, 9.17) is 0 Å². The Kier molecular flexibility index (Phi) is 6.45. The molecule has 0 saturated carbocycles. The van der Waals surface area contributed by atoms with Crippen molar-refractivity contribution in [2.45, 2.75) is 38.8 Å². The molecule has 2 aliphatic heterocycles. The van der Waals surface area contributed by atoms with E-state index >= 15 is 0 Å². The molecule has 1 atom stereocenters. The summed E-state index contributed by atoms with van der Waals surface area (Å²) in [6, 6.07) is 24.4. The molecule has 0 unspecified atom stereocenters. The van der Waals surface area contributed by atoms with E-state index in [0.29, 0.717) is 12.0 Å². The predicted octanol–water partition coefficient (Wildman–Crippen LogP) is 5.13. The molecule has 2 heterocycles. The van der Waals surface area contributed by atoms with Crippen LogP contribution in [0.5, 0.6) is 0 Å². The zero-order valence-corrected chi connectivity index (χ0v) is 19.6. The molecule has 1 saturated heterocycles. The van der Waals surface area contributed by atoms with Crippen LogP contribution < -0.4 is 10.2 Å². The third kappa shape index (κ3) is 4.75. The van der Waals surface area contributed by atoms with E-state index in [9.17, 15) is 9.59 Å². The van der Waals surface area contributed by atoms with Gasteiger partial charge < -0.3 is 5.32 Å². The van der Waals surface area contributed by atoms with Crippen molar-refractivity contribution < 1.29 is 9.59 Å². The van der Waals surface area contributed by atoms with Crippen LogP contribution in [0.2, 0.25) is 0 Å². The fourth-order valence-electron chi connectivity index (χ4n) is 4.96. The molecule has 34 heavy (non-hydrogen) atoms. The fourth-order valence-corrected chi connectivity index (χ4v) is 4.96. The molecule has 3 aromatic carbocycles. The summed E-state index contributed by atoms with van der Waals surface area (Å²) in [6.45, 7) is 5.56. The van der Waals surface area contributed by atoms with Crippen molar-refractivity contribution in [3.05, 3.63) is 95.6 Å². The van der Waals surface area contributed by atoms with Gasteiger partial charge in [0, 0.05) is 29.9 Å². The summed E-state index contributed by atoms with van der Waals surface area (Å²) in [5.41, 5.74) is 4.40. The van der Waals surface area contributed by atoms with Crippen LogP contribution in [0.3, 0.4) is 0 Å². The maximum absolute atomic E-state index is 13.4. The number of amides is 2. The number of para-hydroxylation sites is 1. The molecule has 0 aromatic heterocycles. The number of carbonyl (C=O) groups is 2. The van der Waals surface area contributed by atoms with Gasteiger partial charge in [0.05, 0.1) is 0 Å². The average Bonchev–Trinajstić information content (AvgIpc) is 3.26. The standard InChI is InChI=1S/C29H31N3O2/c1-21-15-17-31(18-16-21)20-22-11-13-25(14-12-22)30-28(33)27-19-24-9-5-6-10-26(24)32(27)29(34)23-7-3-2-4-8-23/h2-14,21,27H,15-20H2,1H3,(H,30,33)/t27-/m1/s1. The molecule has 3 aromatic rings. The van der Waals surface area contributed by atoms with Gasteiger partial charge in [-0.05, 0) is 73.3 Å². The number of fused-ring (bicyclic) bond motifs is 1. The van der Waals surface area contributed by atoms with Gasteiger partial charge in [-0.15, -0.1) is 0 Å². The van der Waals surface area contributed by atoms with Crippen molar-refractivity contribution in [3.63, 3.8) is 0 Å². The molecule has 5 rings (SSSR count). The molecular weight excluding hydrogens is 422 g/mol.